The number of aliphatic carboxylic acids is 1. The number of nitrogens with zero attached hydrogens (tertiary/aromatic N) is 1. The largest absolute Gasteiger partial charge is 0.485 e. The van der Waals surface area contributed by atoms with Gasteiger partial charge in [0.25, 0.3) is 5.91 Å². The van der Waals surface area contributed by atoms with E-state index < -0.39 is 18.1 Å². The van der Waals surface area contributed by atoms with Crippen LogP contribution in [0.5, 0.6) is 11.5 Å². The summed E-state index contributed by atoms with van der Waals surface area (Å²) in [5.74, 6) is -0.293. The zero-order chi connectivity index (χ0) is 17.4. The minimum atomic E-state index is -1.01. The quantitative estimate of drug-likeness (QED) is 0.904. The van der Waals surface area contributed by atoms with Gasteiger partial charge in [-0.15, -0.1) is 0 Å². The van der Waals surface area contributed by atoms with Gasteiger partial charge >= 0.3 is 5.97 Å². The lowest BCUT2D eigenvalue weighted by Crippen LogP contribution is -2.54. The highest BCUT2D eigenvalue weighted by Gasteiger charge is 2.39. The van der Waals surface area contributed by atoms with E-state index in [4.69, 9.17) is 9.47 Å². The molecule has 0 spiro atoms. The van der Waals surface area contributed by atoms with E-state index in [1.165, 1.54) is 4.90 Å². The Labute approximate surface area is 144 Å². The Bertz CT molecular complexity index is 834. The van der Waals surface area contributed by atoms with Gasteiger partial charge in [0.15, 0.2) is 11.5 Å². The van der Waals surface area contributed by atoms with Crippen molar-refractivity contribution in [3.8, 4) is 11.5 Å². The summed E-state index contributed by atoms with van der Waals surface area (Å²) in [6, 6.07) is 13.8. The summed E-state index contributed by atoms with van der Waals surface area (Å²) < 4.78 is 11.3. The highest BCUT2D eigenvalue weighted by molar-refractivity contribution is 5.87. The number of carbonyl (C=O) groups excluding carboxylic acids is 1. The molecule has 1 N–H and O–H groups in total. The second-order valence-electron chi connectivity index (χ2n) is 6.16. The van der Waals surface area contributed by atoms with Crippen LogP contribution in [0.1, 0.15) is 11.1 Å². The lowest BCUT2D eigenvalue weighted by molar-refractivity contribution is -0.156. The Hall–Kier alpha value is -3.02. The number of carboxylic acid groups (broad SMARTS) is 1. The summed E-state index contributed by atoms with van der Waals surface area (Å²) in [6.07, 6.45) is -0.552. The number of para-hydroxylation sites is 2. The van der Waals surface area contributed by atoms with Crippen LogP contribution in [-0.2, 0) is 22.6 Å². The van der Waals surface area contributed by atoms with Crippen LogP contribution in [0.15, 0.2) is 48.5 Å². The fourth-order valence-electron chi connectivity index (χ4n) is 3.30. The van der Waals surface area contributed by atoms with E-state index in [0.29, 0.717) is 17.9 Å². The first-order valence-corrected chi connectivity index (χ1v) is 8.12. The van der Waals surface area contributed by atoms with Crippen LogP contribution < -0.4 is 9.47 Å². The summed E-state index contributed by atoms with van der Waals surface area (Å²) in [4.78, 5) is 26.0. The van der Waals surface area contributed by atoms with Crippen molar-refractivity contribution in [2.75, 3.05) is 6.61 Å². The lowest BCUT2D eigenvalue weighted by Gasteiger charge is -2.37. The Morgan fingerprint density at radius 2 is 1.68 bits per heavy atom. The molecular weight excluding hydrogens is 322 g/mol. The van der Waals surface area contributed by atoms with Crippen molar-refractivity contribution in [3.05, 3.63) is 59.7 Å². The van der Waals surface area contributed by atoms with Crippen LogP contribution in [0.4, 0.5) is 0 Å². The van der Waals surface area contributed by atoms with Crippen molar-refractivity contribution < 1.29 is 24.2 Å². The van der Waals surface area contributed by atoms with Crippen LogP contribution >= 0.6 is 0 Å². The second kappa shape index (κ2) is 6.12. The zero-order valence-electron chi connectivity index (χ0n) is 13.4. The summed E-state index contributed by atoms with van der Waals surface area (Å²) in [5, 5.41) is 9.57. The predicted molar refractivity (Wildman–Crippen MR) is 88.5 cm³/mol. The third-order valence-electron chi connectivity index (χ3n) is 4.60. The predicted octanol–water partition coefficient (Wildman–Crippen LogP) is 1.86. The first kappa shape index (κ1) is 15.5. The van der Waals surface area contributed by atoms with Gasteiger partial charge in [-0.2, -0.15) is 0 Å². The molecule has 2 heterocycles. The van der Waals surface area contributed by atoms with E-state index in [9.17, 15) is 14.7 Å². The topological polar surface area (TPSA) is 76.1 Å². The summed E-state index contributed by atoms with van der Waals surface area (Å²) in [5.41, 5.74) is 1.93. The molecule has 0 radical (unpaired) electrons. The van der Waals surface area contributed by atoms with Gasteiger partial charge < -0.3 is 19.5 Å². The van der Waals surface area contributed by atoms with Crippen LogP contribution in [0, 0.1) is 0 Å². The molecule has 2 aromatic rings. The van der Waals surface area contributed by atoms with Crippen molar-refractivity contribution in [2.45, 2.75) is 25.1 Å². The SMILES string of the molecule is O=C(O)[C@H]1Cc2ccccc2CN1C(=O)[C@H]1COc2ccccc2O1. The molecule has 2 atom stereocenters. The van der Waals surface area contributed by atoms with Crippen LogP contribution in [0.25, 0.3) is 0 Å². The van der Waals surface area contributed by atoms with Crippen LogP contribution in [0.2, 0.25) is 0 Å². The van der Waals surface area contributed by atoms with Gasteiger partial charge in [-0.3, -0.25) is 4.79 Å². The molecule has 0 saturated carbocycles. The number of benzene rings is 2. The number of amides is 1. The van der Waals surface area contributed by atoms with Crippen LogP contribution in [-0.4, -0.2) is 40.6 Å². The molecule has 0 saturated heterocycles. The van der Waals surface area contributed by atoms with Gasteiger partial charge in [0.05, 0.1) is 0 Å². The molecule has 0 unspecified atom stereocenters. The van der Waals surface area contributed by atoms with Gasteiger partial charge in [0, 0.05) is 13.0 Å². The monoisotopic (exact) mass is 339 g/mol. The van der Waals surface area contributed by atoms with E-state index in [-0.39, 0.29) is 19.1 Å². The average molecular weight is 339 g/mol. The Morgan fingerprint density at radius 1 is 1.00 bits per heavy atom. The van der Waals surface area contributed by atoms with Crippen LogP contribution in [0.3, 0.4) is 0 Å². The number of hydrogen-bond donors (Lipinski definition) is 1. The van der Waals surface area contributed by atoms with Crippen molar-refractivity contribution in [3.63, 3.8) is 0 Å². The second-order valence-corrected chi connectivity index (χ2v) is 6.16. The summed E-state index contributed by atoms with van der Waals surface area (Å²) in [7, 11) is 0. The standard InChI is InChI=1S/C19H17NO5/c21-18(17-11-24-15-7-3-4-8-16(15)25-17)20-10-13-6-2-1-5-12(13)9-14(20)19(22)23/h1-8,14,17H,9-11H2,(H,22,23)/t14-,17-/m1/s1. The minimum absolute atomic E-state index is 0.0698. The zero-order valence-corrected chi connectivity index (χ0v) is 13.4. The van der Waals surface area contributed by atoms with E-state index in [2.05, 4.69) is 0 Å². The fourth-order valence-corrected chi connectivity index (χ4v) is 3.30. The van der Waals surface area contributed by atoms with E-state index >= 15 is 0 Å². The summed E-state index contributed by atoms with van der Waals surface area (Å²) >= 11 is 0. The summed E-state index contributed by atoms with van der Waals surface area (Å²) in [6.45, 7) is 0.327. The van der Waals surface area contributed by atoms with Gasteiger partial charge in [0.2, 0.25) is 6.10 Å². The minimum Gasteiger partial charge on any atom is -0.485 e. The molecule has 25 heavy (non-hydrogen) atoms. The molecule has 0 fully saturated rings. The van der Waals surface area contributed by atoms with Crippen molar-refractivity contribution in [1.82, 2.24) is 4.90 Å². The Morgan fingerprint density at radius 3 is 2.44 bits per heavy atom. The molecule has 0 aliphatic carbocycles. The molecule has 128 valence electrons. The normalized spacial score (nSPS) is 21.4. The van der Waals surface area contributed by atoms with Gasteiger partial charge in [0.1, 0.15) is 12.6 Å². The van der Waals surface area contributed by atoms with Crippen molar-refractivity contribution >= 4 is 11.9 Å². The number of fused-ring (bicyclic) bond motifs is 2. The smallest absolute Gasteiger partial charge is 0.326 e. The van der Waals surface area contributed by atoms with Gasteiger partial charge in [-0.05, 0) is 23.3 Å². The van der Waals surface area contributed by atoms with E-state index in [1.54, 1.807) is 18.2 Å². The molecule has 0 bridgehead atoms. The molecule has 2 aliphatic rings. The fraction of sp³-hybridized carbons (Fsp3) is 0.263. The van der Waals surface area contributed by atoms with E-state index in [0.717, 1.165) is 11.1 Å². The van der Waals surface area contributed by atoms with Crippen molar-refractivity contribution in [1.29, 1.82) is 0 Å². The molecule has 6 heteroatoms. The number of carbonyl (C=O) groups is 2. The van der Waals surface area contributed by atoms with Gasteiger partial charge in [-0.25, -0.2) is 4.79 Å². The van der Waals surface area contributed by atoms with Crippen molar-refractivity contribution in [2.24, 2.45) is 0 Å². The molecule has 2 aromatic carbocycles. The number of carboxylic acids is 1. The lowest BCUT2D eigenvalue weighted by atomic mass is 9.93. The third-order valence-corrected chi connectivity index (χ3v) is 4.60. The maximum atomic E-state index is 12.9. The molecule has 2 aliphatic heterocycles. The Balaban J connectivity index is 1.59. The molecule has 0 aromatic heterocycles. The number of rotatable bonds is 2. The number of hydrogen-bond acceptors (Lipinski definition) is 4. The molecule has 6 nitrogen and oxygen atoms in total. The first-order chi connectivity index (χ1) is 12.1. The Kier molecular flexibility index (Phi) is 3.80. The van der Waals surface area contributed by atoms with Gasteiger partial charge in [-0.1, -0.05) is 36.4 Å². The molecule has 4 rings (SSSR count). The van der Waals surface area contributed by atoms with E-state index in [1.807, 2.05) is 30.3 Å². The number of ether oxygens (including phenoxy) is 2. The third kappa shape index (κ3) is 2.80. The molecule has 1 amide bonds. The maximum Gasteiger partial charge on any atom is 0.326 e. The highest BCUT2D eigenvalue weighted by atomic mass is 16.6. The molecular formula is C19H17NO5. The maximum absolute atomic E-state index is 12.9. The first-order valence-electron chi connectivity index (χ1n) is 8.12. The average Bonchev–Trinajstić information content (AvgIpc) is 2.66. The highest BCUT2D eigenvalue weighted by Crippen LogP contribution is 2.32.